The molecule has 1 heterocycles. The Morgan fingerprint density at radius 1 is 0.864 bits per heavy atom. The van der Waals surface area contributed by atoms with E-state index in [1.807, 2.05) is 6.26 Å². The van der Waals surface area contributed by atoms with Crippen molar-refractivity contribution >= 4 is 51.3 Å². The van der Waals surface area contributed by atoms with Crippen molar-refractivity contribution in [3.8, 4) is 0 Å². The Kier molecular flexibility index (Phi) is 3.40. The standard InChI is InChI=1S/C18H15O2PS/c1-12-7-9-16-15(11-12)18-14-6-4-3-5-13(14)8-10-17(18)20-21(19-16)22-2/h3-11H,1-2H3. The van der Waals surface area contributed by atoms with Crippen LogP contribution in [0.1, 0.15) is 5.56 Å². The van der Waals surface area contributed by atoms with Gasteiger partial charge in [0.15, 0.2) is 0 Å². The molecule has 0 aliphatic carbocycles. The van der Waals surface area contributed by atoms with Crippen molar-refractivity contribution in [1.82, 2.24) is 0 Å². The molecular formula is C18H15O2PS. The van der Waals surface area contributed by atoms with Gasteiger partial charge in [-0.2, -0.15) is 0 Å². The maximum Gasteiger partial charge on any atom is 0.286 e. The smallest absolute Gasteiger partial charge is 0.286 e. The summed E-state index contributed by atoms with van der Waals surface area (Å²) in [6.45, 7) is 2.11. The lowest BCUT2D eigenvalue weighted by atomic mass is 10.0. The first-order valence-electron chi connectivity index (χ1n) is 7.09. The third-order valence-electron chi connectivity index (χ3n) is 3.79. The predicted molar refractivity (Wildman–Crippen MR) is 97.5 cm³/mol. The van der Waals surface area contributed by atoms with Crippen molar-refractivity contribution in [2.45, 2.75) is 6.92 Å². The van der Waals surface area contributed by atoms with Gasteiger partial charge in [-0.1, -0.05) is 42.0 Å². The molecule has 22 heavy (non-hydrogen) atoms. The minimum atomic E-state index is -1.02. The first-order valence-corrected chi connectivity index (χ1v) is 10.1. The van der Waals surface area contributed by atoms with E-state index in [-0.39, 0.29) is 0 Å². The molecule has 0 aliphatic heterocycles. The zero-order valence-corrected chi connectivity index (χ0v) is 14.1. The molecule has 0 amide bonds. The summed E-state index contributed by atoms with van der Waals surface area (Å²) in [6, 6.07) is 18.9. The van der Waals surface area contributed by atoms with Crippen LogP contribution in [0.3, 0.4) is 0 Å². The van der Waals surface area contributed by atoms with Crippen LogP contribution in [0.2, 0.25) is 0 Å². The molecule has 110 valence electrons. The van der Waals surface area contributed by atoms with Gasteiger partial charge in [-0.15, -0.1) is 0 Å². The molecule has 0 saturated heterocycles. The van der Waals surface area contributed by atoms with Crippen molar-refractivity contribution in [1.29, 1.82) is 0 Å². The second-order valence-corrected chi connectivity index (χ2v) is 8.42. The third-order valence-corrected chi connectivity index (χ3v) is 6.12. The van der Waals surface area contributed by atoms with Crippen LogP contribution in [0.5, 0.6) is 0 Å². The van der Waals surface area contributed by atoms with Gasteiger partial charge in [0.1, 0.15) is 11.2 Å². The van der Waals surface area contributed by atoms with Crippen molar-refractivity contribution in [3.63, 3.8) is 0 Å². The average molecular weight is 326 g/mol. The summed E-state index contributed by atoms with van der Waals surface area (Å²) in [5.74, 6) is 0. The molecule has 0 bridgehead atoms. The van der Waals surface area contributed by atoms with E-state index < -0.39 is 7.22 Å². The van der Waals surface area contributed by atoms with Gasteiger partial charge in [0.25, 0.3) is 7.22 Å². The highest BCUT2D eigenvalue weighted by Crippen LogP contribution is 2.44. The van der Waals surface area contributed by atoms with E-state index in [4.69, 9.17) is 8.39 Å². The van der Waals surface area contributed by atoms with Gasteiger partial charge in [0, 0.05) is 10.8 Å². The van der Waals surface area contributed by atoms with Crippen molar-refractivity contribution in [2.24, 2.45) is 0 Å². The van der Waals surface area contributed by atoms with Gasteiger partial charge in [0.05, 0.1) is 0 Å². The molecule has 0 saturated carbocycles. The Balaban J connectivity index is 2.36. The maximum atomic E-state index is 6.14. The molecule has 2 nitrogen and oxygen atoms in total. The number of rotatable bonds is 1. The van der Waals surface area contributed by atoms with Gasteiger partial charge in [-0.25, -0.2) is 0 Å². The summed E-state index contributed by atoms with van der Waals surface area (Å²) in [6.07, 6.45) is 2.02. The number of hydrogen-bond donors (Lipinski definition) is 0. The fourth-order valence-corrected chi connectivity index (χ4v) is 4.53. The lowest BCUT2D eigenvalue weighted by Crippen LogP contribution is -1.78. The summed E-state index contributed by atoms with van der Waals surface area (Å²) < 4.78 is 12.2. The molecule has 3 aromatic carbocycles. The minimum Gasteiger partial charge on any atom is -0.412 e. The van der Waals surface area contributed by atoms with E-state index in [1.54, 1.807) is 11.4 Å². The van der Waals surface area contributed by atoms with Gasteiger partial charge in [-0.3, -0.25) is 0 Å². The fraction of sp³-hybridized carbons (Fsp3) is 0.111. The van der Waals surface area contributed by atoms with Crippen molar-refractivity contribution < 1.29 is 8.39 Å². The van der Waals surface area contributed by atoms with E-state index >= 15 is 0 Å². The fourth-order valence-electron chi connectivity index (χ4n) is 2.78. The largest absolute Gasteiger partial charge is 0.412 e. The third kappa shape index (κ3) is 2.22. The summed E-state index contributed by atoms with van der Waals surface area (Å²) in [7, 11) is -1.02. The van der Waals surface area contributed by atoms with Crippen LogP contribution in [0.15, 0.2) is 63.0 Å². The summed E-state index contributed by atoms with van der Waals surface area (Å²) in [5, 5.41) is 4.67. The number of aryl methyl sites for hydroxylation is 1. The molecular weight excluding hydrogens is 311 g/mol. The van der Waals surface area contributed by atoms with E-state index in [0.717, 1.165) is 21.9 Å². The highest BCUT2D eigenvalue weighted by atomic mass is 32.7. The Morgan fingerprint density at radius 3 is 2.50 bits per heavy atom. The summed E-state index contributed by atoms with van der Waals surface area (Å²) >= 11 is 1.62. The van der Waals surface area contributed by atoms with Gasteiger partial charge >= 0.3 is 0 Å². The maximum absolute atomic E-state index is 6.14. The zero-order valence-electron chi connectivity index (χ0n) is 12.4. The molecule has 0 spiro atoms. The zero-order chi connectivity index (χ0) is 15.1. The van der Waals surface area contributed by atoms with Crippen LogP contribution in [-0.2, 0) is 0 Å². The highest BCUT2D eigenvalue weighted by molar-refractivity contribution is 8.49. The normalized spacial score (nSPS) is 12.2. The average Bonchev–Trinajstić information content (AvgIpc) is 2.71. The predicted octanol–water partition coefficient (Wildman–Crippen LogP) is 6.88. The molecule has 1 aromatic heterocycles. The second-order valence-electron chi connectivity index (χ2n) is 5.25. The molecule has 4 heteroatoms. The monoisotopic (exact) mass is 326 g/mol. The lowest BCUT2D eigenvalue weighted by molar-refractivity contribution is 0.658. The molecule has 0 fully saturated rings. The number of benzene rings is 3. The quantitative estimate of drug-likeness (QED) is 0.381. The first-order chi connectivity index (χ1) is 10.8. The van der Waals surface area contributed by atoms with Crippen molar-refractivity contribution in [2.75, 3.05) is 6.26 Å². The number of hydrogen-bond acceptors (Lipinski definition) is 3. The Labute approximate surface area is 133 Å². The van der Waals surface area contributed by atoms with Crippen LogP contribution < -0.4 is 0 Å². The van der Waals surface area contributed by atoms with Gasteiger partial charge in [0.2, 0.25) is 0 Å². The molecule has 0 N–H and O–H groups in total. The lowest BCUT2D eigenvalue weighted by Gasteiger charge is -2.02. The molecule has 0 radical (unpaired) electrons. The highest BCUT2D eigenvalue weighted by Gasteiger charge is 2.09. The van der Waals surface area contributed by atoms with Crippen LogP contribution in [-0.4, -0.2) is 6.26 Å². The van der Waals surface area contributed by atoms with Gasteiger partial charge < -0.3 is 8.39 Å². The molecule has 4 aromatic rings. The Bertz CT molecular complexity index is 1040. The summed E-state index contributed by atoms with van der Waals surface area (Å²) in [5.41, 5.74) is 3.03. The molecule has 0 aliphatic rings. The molecule has 1 atom stereocenters. The van der Waals surface area contributed by atoms with Gasteiger partial charge in [-0.05, 0) is 53.5 Å². The molecule has 4 rings (SSSR count). The van der Waals surface area contributed by atoms with Crippen molar-refractivity contribution in [3.05, 3.63) is 60.2 Å². The van der Waals surface area contributed by atoms with E-state index in [0.29, 0.717) is 0 Å². The summed E-state index contributed by atoms with van der Waals surface area (Å²) in [4.78, 5) is 0. The van der Waals surface area contributed by atoms with Crippen LogP contribution in [0.4, 0.5) is 0 Å². The topological polar surface area (TPSA) is 26.3 Å². The first kappa shape index (κ1) is 13.8. The Morgan fingerprint density at radius 2 is 1.64 bits per heavy atom. The number of fused-ring (bicyclic) bond motifs is 5. The second kappa shape index (κ2) is 5.42. The van der Waals surface area contributed by atoms with E-state index in [9.17, 15) is 0 Å². The SMILES string of the molecule is CSp1oc2ccc(C)cc2c2c(ccc3ccccc32)o1. The minimum absolute atomic E-state index is 0.904. The van der Waals surface area contributed by atoms with Crippen LogP contribution >= 0.6 is 18.6 Å². The van der Waals surface area contributed by atoms with Crippen LogP contribution in [0.25, 0.3) is 32.7 Å². The van der Waals surface area contributed by atoms with E-state index in [2.05, 4.69) is 61.5 Å². The van der Waals surface area contributed by atoms with E-state index in [1.165, 1.54) is 16.3 Å². The molecule has 1 unspecified atom stereocenters. The Hall–Kier alpha value is -1.83. The van der Waals surface area contributed by atoms with Crippen LogP contribution in [0, 0.1) is 6.92 Å².